The summed E-state index contributed by atoms with van der Waals surface area (Å²) in [4.78, 5) is 4.14. The van der Waals surface area contributed by atoms with Crippen LogP contribution in [0.5, 0.6) is 0 Å². The van der Waals surface area contributed by atoms with Crippen LogP contribution >= 0.6 is 0 Å². The van der Waals surface area contributed by atoms with Gasteiger partial charge in [-0.25, -0.2) is 4.21 Å². The van der Waals surface area contributed by atoms with Crippen LogP contribution in [0.4, 0.5) is 5.69 Å². The third kappa shape index (κ3) is 3.01. The Bertz CT molecular complexity index is 651. The van der Waals surface area contributed by atoms with E-state index in [2.05, 4.69) is 16.3 Å². The molecule has 21 heavy (non-hydrogen) atoms. The van der Waals surface area contributed by atoms with Crippen molar-refractivity contribution in [2.24, 2.45) is 0 Å². The molecule has 1 unspecified atom stereocenters. The van der Waals surface area contributed by atoms with Gasteiger partial charge in [0.1, 0.15) is 0 Å². The van der Waals surface area contributed by atoms with Gasteiger partial charge in [0.05, 0.1) is 21.4 Å². The molecule has 2 aromatic carbocycles. The van der Waals surface area contributed by atoms with Crippen LogP contribution in [0, 0.1) is 6.92 Å². The van der Waals surface area contributed by atoms with Gasteiger partial charge in [0.15, 0.2) is 0 Å². The molecular formula is C17H20N2OS. The highest BCUT2D eigenvalue weighted by Gasteiger charge is 2.18. The highest BCUT2D eigenvalue weighted by atomic mass is 32.2. The number of anilines is 1. The maximum Gasteiger partial charge on any atom is 0.0873 e. The first-order valence-corrected chi connectivity index (χ1v) is 8.44. The highest BCUT2D eigenvalue weighted by molar-refractivity contribution is 7.85. The molecule has 0 amide bonds. The van der Waals surface area contributed by atoms with Crippen molar-refractivity contribution in [2.45, 2.75) is 16.7 Å². The number of nitrogens with zero attached hydrogens (tertiary/aromatic N) is 1. The number of benzene rings is 2. The van der Waals surface area contributed by atoms with E-state index in [0.29, 0.717) is 0 Å². The van der Waals surface area contributed by atoms with E-state index in [-0.39, 0.29) is 0 Å². The number of piperazine rings is 1. The number of para-hydroxylation sites is 1. The summed E-state index contributed by atoms with van der Waals surface area (Å²) in [6, 6.07) is 16.0. The van der Waals surface area contributed by atoms with Crippen LogP contribution in [-0.2, 0) is 10.8 Å². The Labute approximate surface area is 128 Å². The highest BCUT2D eigenvalue weighted by Crippen LogP contribution is 2.28. The zero-order chi connectivity index (χ0) is 14.7. The van der Waals surface area contributed by atoms with Crippen LogP contribution in [0.2, 0.25) is 0 Å². The predicted molar refractivity (Wildman–Crippen MR) is 87.4 cm³/mol. The molecule has 1 heterocycles. The molecule has 0 radical (unpaired) electrons. The molecule has 0 saturated carbocycles. The monoisotopic (exact) mass is 300 g/mol. The quantitative estimate of drug-likeness (QED) is 0.945. The molecule has 1 aliphatic rings. The summed E-state index contributed by atoms with van der Waals surface area (Å²) in [6.45, 7) is 5.89. The van der Waals surface area contributed by atoms with Crippen molar-refractivity contribution < 1.29 is 4.21 Å². The summed E-state index contributed by atoms with van der Waals surface area (Å²) in [6.07, 6.45) is 0. The molecule has 1 fully saturated rings. The Morgan fingerprint density at radius 2 is 1.57 bits per heavy atom. The third-order valence-corrected chi connectivity index (χ3v) is 5.42. The Morgan fingerprint density at radius 1 is 0.952 bits per heavy atom. The zero-order valence-electron chi connectivity index (χ0n) is 12.2. The van der Waals surface area contributed by atoms with Gasteiger partial charge in [0, 0.05) is 31.1 Å². The summed E-state index contributed by atoms with van der Waals surface area (Å²) in [7, 11) is -1.13. The van der Waals surface area contributed by atoms with Crippen molar-refractivity contribution >= 4 is 16.5 Å². The average molecular weight is 300 g/mol. The Hall–Kier alpha value is -1.65. The maximum absolute atomic E-state index is 13.0. The molecule has 3 rings (SSSR count). The molecule has 2 aromatic rings. The summed E-state index contributed by atoms with van der Waals surface area (Å²) < 4.78 is 13.0. The zero-order valence-corrected chi connectivity index (χ0v) is 13.0. The molecule has 1 aliphatic heterocycles. The van der Waals surface area contributed by atoms with E-state index in [1.165, 1.54) is 0 Å². The number of hydrogen-bond donors (Lipinski definition) is 1. The number of hydrogen-bond acceptors (Lipinski definition) is 3. The standard InChI is InChI=1S/C17H20N2OS/c1-14-6-2-4-8-16(14)21(20)17-9-5-3-7-15(17)19-12-10-18-11-13-19/h2-9,18H,10-13H2,1H3. The molecule has 0 spiro atoms. The van der Waals surface area contributed by atoms with Gasteiger partial charge >= 0.3 is 0 Å². The fourth-order valence-electron chi connectivity index (χ4n) is 2.66. The molecule has 1 N–H and O–H groups in total. The Morgan fingerprint density at radius 3 is 2.29 bits per heavy atom. The van der Waals surface area contributed by atoms with E-state index in [1.807, 2.05) is 49.4 Å². The molecule has 1 saturated heterocycles. The van der Waals surface area contributed by atoms with Crippen molar-refractivity contribution in [1.82, 2.24) is 5.32 Å². The van der Waals surface area contributed by atoms with Crippen molar-refractivity contribution in [3.05, 3.63) is 54.1 Å². The van der Waals surface area contributed by atoms with Gasteiger partial charge in [-0.1, -0.05) is 30.3 Å². The van der Waals surface area contributed by atoms with E-state index in [9.17, 15) is 4.21 Å². The van der Waals surface area contributed by atoms with Crippen LogP contribution < -0.4 is 10.2 Å². The van der Waals surface area contributed by atoms with Crippen LogP contribution in [0.1, 0.15) is 5.56 Å². The minimum absolute atomic E-state index is 0.903. The normalized spacial score (nSPS) is 16.7. The lowest BCUT2D eigenvalue weighted by Gasteiger charge is -2.30. The first-order chi connectivity index (χ1) is 10.3. The van der Waals surface area contributed by atoms with Gasteiger partial charge in [-0.2, -0.15) is 0 Å². The maximum atomic E-state index is 13.0. The minimum atomic E-state index is -1.13. The molecule has 1 atom stereocenters. The van der Waals surface area contributed by atoms with E-state index in [4.69, 9.17) is 0 Å². The van der Waals surface area contributed by atoms with Gasteiger partial charge in [-0.3, -0.25) is 0 Å². The second kappa shape index (κ2) is 6.41. The Balaban J connectivity index is 1.98. The predicted octanol–water partition coefficient (Wildman–Crippen LogP) is 2.57. The summed E-state index contributed by atoms with van der Waals surface area (Å²) in [5, 5.41) is 3.36. The second-order valence-electron chi connectivity index (χ2n) is 5.24. The van der Waals surface area contributed by atoms with E-state index in [1.54, 1.807) is 0 Å². The summed E-state index contributed by atoms with van der Waals surface area (Å²) >= 11 is 0. The first-order valence-electron chi connectivity index (χ1n) is 7.29. The van der Waals surface area contributed by atoms with Crippen LogP contribution in [-0.4, -0.2) is 30.4 Å². The van der Waals surface area contributed by atoms with Gasteiger partial charge in [-0.15, -0.1) is 0 Å². The van der Waals surface area contributed by atoms with E-state index >= 15 is 0 Å². The SMILES string of the molecule is Cc1ccccc1S(=O)c1ccccc1N1CCNCC1. The van der Waals surface area contributed by atoms with E-state index in [0.717, 1.165) is 47.2 Å². The molecule has 110 valence electrons. The van der Waals surface area contributed by atoms with Crippen LogP contribution in [0.15, 0.2) is 58.3 Å². The second-order valence-corrected chi connectivity index (χ2v) is 6.66. The largest absolute Gasteiger partial charge is 0.368 e. The van der Waals surface area contributed by atoms with E-state index < -0.39 is 10.8 Å². The molecular weight excluding hydrogens is 280 g/mol. The third-order valence-electron chi connectivity index (χ3n) is 3.82. The fourth-order valence-corrected chi connectivity index (χ4v) is 4.05. The number of rotatable bonds is 3. The van der Waals surface area contributed by atoms with Gasteiger partial charge in [0.25, 0.3) is 0 Å². The molecule has 0 bridgehead atoms. The van der Waals surface area contributed by atoms with Crippen molar-refractivity contribution in [3.63, 3.8) is 0 Å². The summed E-state index contributed by atoms with van der Waals surface area (Å²) in [5.74, 6) is 0. The lowest BCUT2D eigenvalue weighted by Crippen LogP contribution is -2.43. The van der Waals surface area contributed by atoms with Crippen molar-refractivity contribution in [1.29, 1.82) is 0 Å². The van der Waals surface area contributed by atoms with Gasteiger partial charge < -0.3 is 10.2 Å². The smallest absolute Gasteiger partial charge is 0.0873 e. The lowest BCUT2D eigenvalue weighted by molar-refractivity contribution is 0.586. The fraction of sp³-hybridized carbons (Fsp3) is 0.294. The molecule has 0 aliphatic carbocycles. The summed E-state index contributed by atoms with van der Waals surface area (Å²) in [5.41, 5.74) is 2.17. The molecule has 0 aromatic heterocycles. The first kappa shape index (κ1) is 14.3. The number of aryl methyl sites for hydroxylation is 1. The molecule has 4 heteroatoms. The van der Waals surface area contributed by atoms with Crippen molar-refractivity contribution in [2.75, 3.05) is 31.1 Å². The Kier molecular flexibility index (Phi) is 4.36. The van der Waals surface area contributed by atoms with Crippen molar-refractivity contribution in [3.8, 4) is 0 Å². The van der Waals surface area contributed by atoms with Crippen LogP contribution in [0.3, 0.4) is 0 Å². The van der Waals surface area contributed by atoms with Gasteiger partial charge in [-0.05, 0) is 30.7 Å². The van der Waals surface area contributed by atoms with Gasteiger partial charge in [0.2, 0.25) is 0 Å². The topological polar surface area (TPSA) is 32.3 Å². The molecule has 3 nitrogen and oxygen atoms in total. The average Bonchev–Trinajstić information content (AvgIpc) is 2.55. The number of nitrogens with one attached hydrogen (secondary N) is 1. The lowest BCUT2D eigenvalue weighted by atomic mass is 10.2. The van der Waals surface area contributed by atoms with Crippen LogP contribution in [0.25, 0.3) is 0 Å². The minimum Gasteiger partial charge on any atom is -0.368 e.